The van der Waals surface area contributed by atoms with Gasteiger partial charge in [-0.05, 0) is 18.2 Å². The van der Waals surface area contributed by atoms with E-state index >= 15 is 0 Å². The monoisotopic (exact) mass is 319 g/mol. The van der Waals surface area contributed by atoms with Gasteiger partial charge in [-0.1, -0.05) is 11.6 Å². The highest BCUT2D eigenvalue weighted by molar-refractivity contribution is 6.33. The van der Waals surface area contributed by atoms with Crippen molar-refractivity contribution in [1.82, 2.24) is 9.38 Å². The van der Waals surface area contributed by atoms with E-state index in [1.807, 2.05) is 0 Å². The Bertz CT molecular complexity index is 863. The van der Waals surface area contributed by atoms with E-state index in [1.165, 1.54) is 31.4 Å². The smallest absolute Gasteiger partial charge is 0.257 e. The second-order valence-corrected chi connectivity index (χ2v) is 4.95. The quantitative estimate of drug-likeness (QED) is 0.805. The molecule has 0 unspecified atom stereocenters. The molecule has 3 aromatic rings. The minimum Gasteiger partial charge on any atom is -0.494 e. The van der Waals surface area contributed by atoms with E-state index in [4.69, 9.17) is 16.3 Å². The lowest BCUT2D eigenvalue weighted by atomic mass is 10.2. The Morgan fingerprint density at radius 1 is 1.41 bits per heavy atom. The molecule has 0 saturated heterocycles. The summed E-state index contributed by atoms with van der Waals surface area (Å²) in [5.41, 5.74) is 1.35. The van der Waals surface area contributed by atoms with Crippen LogP contribution in [0, 0.1) is 5.82 Å². The highest BCUT2D eigenvalue weighted by atomic mass is 35.5. The van der Waals surface area contributed by atoms with Crippen LogP contribution in [0.3, 0.4) is 0 Å². The Kier molecular flexibility index (Phi) is 3.68. The standard InChI is InChI=1S/C15H11ClFN3O2/c1-22-13-7-10(2-3-12(13)17)19-15(21)9-6-11(16)14-18-4-5-20(14)8-9/h2-8H,1H3,(H,19,21). The molecule has 2 heterocycles. The predicted octanol–water partition coefficient (Wildman–Crippen LogP) is 3.39. The minimum absolute atomic E-state index is 0.0564. The summed E-state index contributed by atoms with van der Waals surface area (Å²) in [6.45, 7) is 0. The van der Waals surface area contributed by atoms with E-state index in [1.54, 1.807) is 23.0 Å². The highest BCUT2D eigenvalue weighted by Gasteiger charge is 2.12. The summed E-state index contributed by atoms with van der Waals surface area (Å²) in [5.74, 6) is -0.810. The van der Waals surface area contributed by atoms with Crippen LogP contribution < -0.4 is 10.1 Å². The fraction of sp³-hybridized carbons (Fsp3) is 0.0667. The molecule has 3 rings (SSSR count). The number of ether oxygens (including phenoxy) is 1. The molecular formula is C15H11ClFN3O2. The molecule has 112 valence electrons. The molecule has 0 fully saturated rings. The number of halogens is 2. The summed E-state index contributed by atoms with van der Waals surface area (Å²) < 4.78 is 19.9. The van der Waals surface area contributed by atoms with Gasteiger partial charge in [-0.15, -0.1) is 0 Å². The van der Waals surface area contributed by atoms with Crippen molar-refractivity contribution in [2.45, 2.75) is 0 Å². The number of hydrogen-bond donors (Lipinski definition) is 1. The molecule has 0 radical (unpaired) electrons. The number of imidazole rings is 1. The molecule has 7 heteroatoms. The zero-order chi connectivity index (χ0) is 15.7. The fourth-order valence-electron chi connectivity index (χ4n) is 2.06. The second-order valence-electron chi connectivity index (χ2n) is 4.54. The Balaban J connectivity index is 1.89. The van der Waals surface area contributed by atoms with Crippen LogP contribution in [0.5, 0.6) is 5.75 Å². The van der Waals surface area contributed by atoms with E-state index in [0.29, 0.717) is 21.9 Å². The number of rotatable bonds is 3. The Hall–Kier alpha value is -2.60. The van der Waals surface area contributed by atoms with Gasteiger partial charge in [-0.2, -0.15) is 0 Å². The first-order chi connectivity index (χ1) is 10.6. The van der Waals surface area contributed by atoms with Crippen LogP contribution in [-0.4, -0.2) is 22.4 Å². The molecule has 0 aliphatic heterocycles. The average Bonchev–Trinajstić information content (AvgIpc) is 2.98. The Morgan fingerprint density at radius 3 is 3.00 bits per heavy atom. The molecule has 0 atom stereocenters. The molecule has 1 amide bonds. The minimum atomic E-state index is -0.497. The summed E-state index contributed by atoms with van der Waals surface area (Å²) in [6, 6.07) is 5.61. The van der Waals surface area contributed by atoms with Crippen molar-refractivity contribution in [2.75, 3.05) is 12.4 Å². The molecule has 22 heavy (non-hydrogen) atoms. The molecule has 0 aliphatic carbocycles. The Morgan fingerprint density at radius 2 is 2.23 bits per heavy atom. The normalized spacial score (nSPS) is 10.7. The van der Waals surface area contributed by atoms with Crippen molar-refractivity contribution < 1.29 is 13.9 Å². The topological polar surface area (TPSA) is 55.6 Å². The summed E-state index contributed by atoms with van der Waals surface area (Å²) in [7, 11) is 1.36. The van der Waals surface area contributed by atoms with Crippen molar-refractivity contribution in [2.24, 2.45) is 0 Å². The van der Waals surface area contributed by atoms with Crippen molar-refractivity contribution in [3.8, 4) is 5.75 Å². The van der Waals surface area contributed by atoms with Crippen LogP contribution in [0.4, 0.5) is 10.1 Å². The number of hydrogen-bond acceptors (Lipinski definition) is 3. The molecule has 0 saturated carbocycles. The number of methoxy groups -OCH3 is 1. The van der Waals surface area contributed by atoms with Gasteiger partial charge in [0.1, 0.15) is 0 Å². The molecule has 0 bridgehead atoms. The molecule has 0 spiro atoms. The van der Waals surface area contributed by atoms with Crippen LogP contribution in [0.25, 0.3) is 5.65 Å². The Labute approximate surface area is 130 Å². The van der Waals surface area contributed by atoms with E-state index in [9.17, 15) is 9.18 Å². The molecule has 5 nitrogen and oxygen atoms in total. The third kappa shape index (κ3) is 2.60. The lowest BCUT2D eigenvalue weighted by molar-refractivity contribution is 0.102. The first-order valence-electron chi connectivity index (χ1n) is 6.35. The molecule has 1 N–H and O–H groups in total. The zero-order valence-corrected chi connectivity index (χ0v) is 12.3. The third-order valence-electron chi connectivity index (χ3n) is 3.11. The number of benzene rings is 1. The largest absolute Gasteiger partial charge is 0.494 e. The predicted molar refractivity (Wildman–Crippen MR) is 81.1 cm³/mol. The number of nitrogens with zero attached hydrogens (tertiary/aromatic N) is 2. The number of amides is 1. The first-order valence-corrected chi connectivity index (χ1v) is 6.73. The van der Waals surface area contributed by atoms with Crippen LogP contribution in [-0.2, 0) is 0 Å². The number of anilines is 1. The number of carbonyl (C=O) groups excluding carboxylic acids is 1. The number of fused-ring (bicyclic) bond motifs is 1. The van der Waals surface area contributed by atoms with Crippen LogP contribution in [0.1, 0.15) is 10.4 Å². The van der Waals surface area contributed by atoms with Gasteiger partial charge < -0.3 is 14.5 Å². The molecule has 1 aromatic carbocycles. The molecule has 2 aromatic heterocycles. The maximum absolute atomic E-state index is 13.4. The number of pyridine rings is 1. The number of carbonyl (C=O) groups is 1. The van der Waals surface area contributed by atoms with E-state index in [2.05, 4.69) is 10.3 Å². The van der Waals surface area contributed by atoms with Crippen LogP contribution in [0.15, 0.2) is 42.9 Å². The van der Waals surface area contributed by atoms with Gasteiger partial charge in [0.15, 0.2) is 17.2 Å². The SMILES string of the molecule is COc1cc(NC(=O)c2cc(Cl)c3nccn3c2)ccc1F. The van der Waals surface area contributed by atoms with Crippen molar-refractivity contribution in [3.63, 3.8) is 0 Å². The molecule has 0 aliphatic rings. The highest BCUT2D eigenvalue weighted by Crippen LogP contribution is 2.23. The summed E-state index contributed by atoms with van der Waals surface area (Å²) in [6.07, 6.45) is 4.90. The van der Waals surface area contributed by atoms with Gasteiger partial charge in [0.2, 0.25) is 0 Å². The first kappa shape index (κ1) is 14.3. The van der Waals surface area contributed by atoms with Crippen molar-refractivity contribution in [3.05, 3.63) is 59.3 Å². The van der Waals surface area contributed by atoms with Crippen molar-refractivity contribution >= 4 is 28.8 Å². The summed E-state index contributed by atoms with van der Waals surface area (Å²) >= 11 is 6.09. The van der Waals surface area contributed by atoms with E-state index in [-0.39, 0.29) is 11.7 Å². The van der Waals surface area contributed by atoms with Gasteiger partial charge in [-0.3, -0.25) is 4.79 Å². The zero-order valence-electron chi connectivity index (χ0n) is 11.5. The number of nitrogens with one attached hydrogen (secondary N) is 1. The number of aromatic nitrogens is 2. The maximum Gasteiger partial charge on any atom is 0.257 e. The molecular weight excluding hydrogens is 309 g/mol. The van der Waals surface area contributed by atoms with Gasteiger partial charge in [0.25, 0.3) is 5.91 Å². The van der Waals surface area contributed by atoms with Crippen LogP contribution >= 0.6 is 11.6 Å². The fourth-order valence-corrected chi connectivity index (χ4v) is 2.32. The van der Waals surface area contributed by atoms with Crippen molar-refractivity contribution in [1.29, 1.82) is 0 Å². The third-order valence-corrected chi connectivity index (χ3v) is 3.39. The van der Waals surface area contributed by atoms with Crippen LogP contribution in [0.2, 0.25) is 5.02 Å². The van der Waals surface area contributed by atoms with E-state index in [0.717, 1.165) is 0 Å². The summed E-state index contributed by atoms with van der Waals surface area (Å²) in [5, 5.41) is 3.04. The van der Waals surface area contributed by atoms with E-state index < -0.39 is 5.82 Å². The maximum atomic E-state index is 13.4. The van der Waals surface area contributed by atoms with Gasteiger partial charge in [0.05, 0.1) is 17.7 Å². The lowest BCUT2D eigenvalue weighted by Gasteiger charge is -2.08. The lowest BCUT2D eigenvalue weighted by Crippen LogP contribution is -2.13. The second kappa shape index (κ2) is 5.65. The van der Waals surface area contributed by atoms with Gasteiger partial charge in [-0.25, -0.2) is 9.37 Å². The van der Waals surface area contributed by atoms with Gasteiger partial charge in [0, 0.05) is 30.3 Å². The van der Waals surface area contributed by atoms with Gasteiger partial charge >= 0.3 is 0 Å². The summed E-state index contributed by atoms with van der Waals surface area (Å²) in [4.78, 5) is 16.4. The average molecular weight is 320 g/mol.